The molecule has 1 aliphatic rings. The van der Waals surface area contributed by atoms with Gasteiger partial charge in [-0.25, -0.2) is 9.07 Å². The van der Waals surface area contributed by atoms with Crippen LogP contribution in [0.4, 0.5) is 4.39 Å². The van der Waals surface area contributed by atoms with E-state index in [-0.39, 0.29) is 18.0 Å². The van der Waals surface area contributed by atoms with Crippen LogP contribution in [-0.4, -0.2) is 49.4 Å². The third kappa shape index (κ3) is 3.79. The molecule has 1 saturated heterocycles. The van der Waals surface area contributed by atoms with Gasteiger partial charge in [0, 0.05) is 13.1 Å². The van der Waals surface area contributed by atoms with Crippen molar-refractivity contribution in [1.82, 2.24) is 25.1 Å². The second kappa shape index (κ2) is 7.36. The second-order valence-electron chi connectivity index (χ2n) is 6.78. The predicted octanol–water partition coefficient (Wildman–Crippen LogP) is 2.01. The van der Waals surface area contributed by atoms with Gasteiger partial charge in [-0.2, -0.15) is 0 Å². The highest BCUT2D eigenvalue weighted by Crippen LogP contribution is 2.29. The fourth-order valence-corrected chi connectivity index (χ4v) is 3.35. The Hall–Kier alpha value is -1.86. The second-order valence-corrected chi connectivity index (χ2v) is 6.78. The summed E-state index contributed by atoms with van der Waals surface area (Å²) in [5, 5.41) is 22.0. The molecule has 3 rings (SSSR count). The molecule has 1 N–H and O–H groups in total. The van der Waals surface area contributed by atoms with Crippen molar-refractivity contribution in [3.05, 3.63) is 41.5 Å². The average molecular weight is 333 g/mol. The van der Waals surface area contributed by atoms with Crippen LogP contribution in [0.5, 0.6) is 0 Å². The summed E-state index contributed by atoms with van der Waals surface area (Å²) in [6.45, 7) is 6.52. The molecule has 1 aromatic carbocycles. The van der Waals surface area contributed by atoms with E-state index in [1.54, 1.807) is 16.8 Å². The average Bonchev–Trinajstić information content (AvgIpc) is 2.99. The van der Waals surface area contributed by atoms with Crippen molar-refractivity contribution < 1.29 is 9.50 Å². The summed E-state index contributed by atoms with van der Waals surface area (Å²) < 4.78 is 14.9. The van der Waals surface area contributed by atoms with Gasteiger partial charge in [-0.15, -0.1) is 5.10 Å². The summed E-state index contributed by atoms with van der Waals surface area (Å²) in [7, 11) is 0. The van der Waals surface area contributed by atoms with Crippen LogP contribution in [0.15, 0.2) is 24.3 Å². The van der Waals surface area contributed by atoms with Crippen LogP contribution >= 0.6 is 0 Å². The number of nitrogens with zero attached hydrogens (tertiary/aromatic N) is 5. The fourth-order valence-electron chi connectivity index (χ4n) is 3.35. The number of aliphatic hydroxyl groups excluding tert-OH is 1. The Kier molecular flexibility index (Phi) is 5.20. The number of hydrogen-bond donors (Lipinski definition) is 1. The molecule has 0 unspecified atom stereocenters. The van der Waals surface area contributed by atoms with Gasteiger partial charge in [-0.1, -0.05) is 26.0 Å². The summed E-state index contributed by atoms with van der Waals surface area (Å²) in [6, 6.07) is 6.51. The number of rotatable bonds is 5. The SMILES string of the molecule is CC(C)[C@@H](c1nnnn1Cc1ccc(F)cc1)N1CCC(O)CC1. The molecule has 0 bridgehead atoms. The van der Waals surface area contributed by atoms with Gasteiger partial charge in [0.15, 0.2) is 5.82 Å². The molecule has 1 fully saturated rings. The van der Waals surface area contributed by atoms with Crippen LogP contribution in [0, 0.1) is 11.7 Å². The van der Waals surface area contributed by atoms with Crippen LogP contribution in [-0.2, 0) is 6.54 Å². The lowest BCUT2D eigenvalue weighted by Gasteiger charge is -2.37. The molecule has 1 aliphatic heterocycles. The maximum Gasteiger partial charge on any atom is 0.169 e. The summed E-state index contributed by atoms with van der Waals surface area (Å²) in [5.74, 6) is 0.923. The van der Waals surface area contributed by atoms with Crippen molar-refractivity contribution in [2.45, 2.75) is 45.4 Å². The smallest absolute Gasteiger partial charge is 0.169 e. The largest absolute Gasteiger partial charge is 0.393 e. The van der Waals surface area contributed by atoms with E-state index in [4.69, 9.17) is 0 Å². The van der Waals surface area contributed by atoms with Crippen molar-refractivity contribution in [3.63, 3.8) is 0 Å². The van der Waals surface area contributed by atoms with Crippen molar-refractivity contribution in [2.24, 2.45) is 5.92 Å². The van der Waals surface area contributed by atoms with Crippen molar-refractivity contribution >= 4 is 0 Å². The fraction of sp³-hybridized carbons (Fsp3) is 0.588. The summed E-state index contributed by atoms with van der Waals surface area (Å²) in [4.78, 5) is 2.35. The van der Waals surface area contributed by atoms with E-state index in [2.05, 4.69) is 34.3 Å². The minimum Gasteiger partial charge on any atom is -0.393 e. The monoisotopic (exact) mass is 333 g/mol. The summed E-state index contributed by atoms with van der Waals surface area (Å²) >= 11 is 0. The number of benzene rings is 1. The lowest BCUT2D eigenvalue weighted by atomic mass is 9.97. The molecule has 7 heteroatoms. The van der Waals surface area contributed by atoms with Gasteiger partial charge < -0.3 is 5.11 Å². The molecular weight excluding hydrogens is 309 g/mol. The number of likely N-dealkylation sites (tertiary alicyclic amines) is 1. The highest BCUT2D eigenvalue weighted by atomic mass is 19.1. The molecule has 2 heterocycles. The normalized spacial score (nSPS) is 18.2. The van der Waals surface area contributed by atoms with Gasteiger partial charge in [-0.05, 0) is 46.9 Å². The first-order valence-corrected chi connectivity index (χ1v) is 8.47. The number of tetrazole rings is 1. The van der Waals surface area contributed by atoms with E-state index in [1.807, 2.05) is 0 Å². The van der Waals surface area contributed by atoms with Gasteiger partial charge in [0.2, 0.25) is 0 Å². The molecule has 1 aromatic heterocycles. The van der Waals surface area contributed by atoms with Gasteiger partial charge in [-0.3, -0.25) is 4.90 Å². The summed E-state index contributed by atoms with van der Waals surface area (Å²) in [6.07, 6.45) is 1.36. The van der Waals surface area contributed by atoms with E-state index in [0.717, 1.165) is 37.3 Å². The Labute approximate surface area is 141 Å². The van der Waals surface area contributed by atoms with E-state index in [0.29, 0.717) is 12.5 Å². The zero-order valence-electron chi connectivity index (χ0n) is 14.1. The Balaban J connectivity index is 1.81. The molecule has 0 saturated carbocycles. The minimum absolute atomic E-state index is 0.105. The first kappa shape index (κ1) is 17.0. The lowest BCUT2D eigenvalue weighted by Crippen LogP contribution is -2.41. The zero-order chi connectivity index (χ0) is 17.1. The quantitative estimate of drug-likeness (QED) is 0.907. The van der Waals surface area contributed by atoms with Crippen LogP contribution in [0.3, 0.4) is 0 Å². The van der Waals surface area contributed by atoms with E-state index < -0.39 is 0 Å². The minimum atomic E-state index is -0.248. The first-order valence-electron chi connectivity index (χ1n) is 8.47. The maximum absolute atomic E-state index is 13.1. The summed E-state index contributed by atoms with van der Waals surface area (Å²) in [5.41, 5.74) is 0.960. The highest BCUT2D eigenvalue weighted by Gasteiger charge is 2.31. The molecule has 2 aromatic rings. The Morgan fingerprint density at radius 1 is 1.21 bits per heavy atom. The molecule has 0 spiro atoms. The molecule has 0 amide bonds. The topological polar surface area (TPSA) is 67.1 Å². The van der Waals surface area contributed by atoms with Crippen molar-refractivity contribution in [3.8, 4) is 0 Å². The van der Waals surface area contributed by atoms with Crippen LogP contribution in [0.25, 0.3) is 0 Å². The highest BCUT2D eigenvalue weighted by molar-refractivity contribution is 5.16. The Morgan fingerprint density at radius 2 is 1.88 bits per heavy atom. The van der Waals surface area contributed by atoms with E-state index >= 15 is 0 Å². The van der Waals surface area contributed by atoms with E-state index in [1.165, 1.54) is 12.1 Å². The third-order valence-electron chi connectivity index (χ3n) is 4.59. The Bertz CT molecular complexity index is 649. The van der Waals surface area contributed by atoms with Crippen LogP contribution in [0.1, 0.15) is 44.1 Å². The predicted molar refractivity (Wildman–Crippen MR) is 87.7 cm³/mol. The molecule has 0 aliphatic carbocycles. The number of halogens is 1. The zero-order valence-corrected chi connectivity index (χ0v) is 14.1. The van der Waals surface area contributed by atoms with Gasteiger partial charge in [0.1, 0.15) is 5.82 Å². The molecule has 24 heavy (non-hydrogen) atoms. The standard InChI is InChI=1S/C17H24FN5O/c1-12(2)16(22-9-7-15(24)8-10-22)17-19-20-21-23(17)11-13-3-5-14(18)6-4-13/h3-6,12,15-16,24H,7-11H2,1-2H3/t16-/m0/s1. The van der Waals surface area contributed by atoms with E-state index in [9.17, 15) is 9.50 Å². The maximum atomic E-state index is 13.1. The number of aromatic nitrogens is 4. The lowest BCUT2D eigenvalue weighted by molar-refractivity contribution is 0.0436. The molecule has 6 nitrogen and oxygen atoms in total. The van der Waals surface area contributed by atoms with Crippen LogP contribution in [0.2, 0.25) is 0 Å². The van der Waals surface area contributed by atoms with Gasteiger partial charge >= 0.3 is 0 Å². The van der Waals surface area contributed by atoms with Crippen molar-refractivity contribution in [1.29, 1.82) is 0 Å². The van der Waals surface area contributed by atoms with Gasteiger partial charge in [0.05, 0.1) is 18.7 Å². The molecule has 0 radical (unpaired) electrons. The number of aliphatic hydroxyl groups is 1. The number of piperidine rings is 1. The molecule has 130 valence electrons. The molecule has 1 atom stereocenters. The first-order chi connectivity index (χ1) is 11.5. The molecular formula is C17H24FN5O. The third-order valence-corrected chi connectivity index (χ3v) is 4.59. The van der Waals surface area contributed by atoms with Crippen LogP contribution < -0.4 is 0 Å². The van der Waals surface area contributed by atoms with Crippen molar-refractivity contribution in [2.75, 3.05) is 13.1 Å². The van der Waals surface area contributed by atoms with Gasteiger partial charge in [0.25, 0.3) is 0 Å². The Morgan fingerprint density at radius 3 is 2.50 bits per heavy atom. The number of hydrogen-bond acceptors (Lipinski definition) is 5.